The number of hydrogen-bond acceptors (Lipinski definition) is 6. The third-order valence-electron chi connectivity index (χ3n) is 3.97. The first-order valence-corrected chi connectivity index (χ1v) is 7.54. The Kier molecular flexibility index (Phi) is 3.40. The van der Waals surface area contributed by atoms with Gasteiger partial charge >= 0.3 is 0 Å². The van der Waals surface area contributed by atoms with E-state index >= 15 is 0 Å². The van der Waals surface area contributed by atoms with Gasteiger partial charge in [-0.25, -0.2) is 4.98 Å². The molecule has 0 atom stereocenters. The molecule has 0 saturated carbocycles. The molecule has 6 nitrogen and oxygen atoms in total. The fraction of sp³-hybridized carbons (Fsp3) is 0.0526. The van der Waals surface area contributed by atoms with Gasteiger partial charge in [0.15, 0.2) is 17.3 Å². The number of methoxy groups -OCH3 is 1. The molecular formula is C19H13N3O3. The molecule has 1 aliphatic carbocycles. The van der Waals surface area contributed by atoms with Gasteiger partial charge in [-0.15, -0.1) is 0 Å². The van der Waals surface area contributed by atoms with Crippen molar-refractivity contribution in [3.05, 3.63) is 54.3 Å². The quantitative estimate of drug-likeness (QED) is 0.583. The van der Waals surface area contributed by atoms with Crippen molar-refractivity contribution in [3.63, 3.8) is 0 Å². The lowest BCUT2D eigenvalue weighted by Gasteiger charge is -2.10. The van der Waals surface area contributed by atoms with E-state index in [1.54, 1.807) is 18.4 Å². The number of phenols is 1. The van der Waals surface area contributed by atoms with Crippen LogP contribution >= 0.6 is 0 Å². The standard InChI is InChI=1S/C19H13N3O3/c1-24-17-8-12-7-13(10-20)19(22-15(12)9-16(17)23)21-14-5-4-11-3-2-6-25-18(11)14/h2-9,23H,1H3,(H,21,22). The highest BCUT2D eigenvalue weighted by Gasteiger charge is 2.15. The summed E-state index contributed by atoms with van der Waals surface area (Å²) >= 11 is 0. The maximum absolute atomic E-state index is 9.96. The number of hydrogen-bond donors (Lipinski definition) is 2. The van der Waals surface area contributed by atoms with Crippen molar-refractivity contribution in [1.82, 2.24) is 4.98 Å². The first kappa shape index (κ1) is 14.8. The van der Waals surface area contributed by atoms with E-state index < -0.39 is 0 Å². The summed E-state index contributed by atoms with van der Waals surface area (Å²) < 4.78 is 10.6. The van der Waals surface area contributed by atoms with Crippen molar-refractivity contribution < 1.29 is 14.3 Å². The van der Waals surface area contributed by atoms with Crippen LogP contribution in [0.4, 0.5) is 11.5 Å². The van der Waals surface area contributed by atoms with Crippen LogP contribution in [-0.2, 0) is 0 Å². The number of pyridine rings is 1. The monoisotopic (exact) mass is 331 g/mol. The van der Waals surface area contributed by atoms with E-state index in [0.717, 1.165) is 11.3 Å². The number of rotatable bonds is 3. The number of anilines is 2. The van der Waals surface area contributed by atoms with Gasteiger partial charge in [-0.1, -0.05) is 0 Å². The Balaban J connectivity index is 1.82. The summed E-state index contributed by atoms with van der Waals surface area (Å²) in [7, 11) is 1.47. The molecule has 0 unspecified atom stereocenters. The molecular weight excluding hydrogens is 318 g/mol. The van der Waals surface area contributed by atoms with Gasteiger partial charge < -0.3 is 19.6 Å². The molecule has 6 heteroatoms. The average molecular weight is 331 g/mol. The molecule has 0 bridgehead atoms. The lowest BCUT2D eigenvalue weighted by Crippen LogP contribution is -1.98. The Labute approximate surface area is 143 Å². The summed E-state index contributed by atoms with van der Waals surface area (Å²) in [5, 5.41) is 23.3. The van der Waals surface area contributed by atoms with Gasteiger partial charge in [0.05, 0.1) is 30.1 Å². The Morgan fingerprint density at radius 3 is 2.92 bits per heavy atom. The maximum Gasteiger partial charge on any atom is 0.161 e. The zero-order valence-electron chi connectivity index (χ0n) is 13.3. The highest BCUT2D eigenvalue weighted by molar-refractivity contribution is 5.88. The second kappa shape index (κ2) is 5.73. The summed E-state index contributed by atoms with van der Waals surface area (Å²) in [6.45, 7) is 0. The number of nitrogens with zero attached hydrogens (tertiary/aromatic N) is 2. The number of benzene rings is 1. The summed E-state index contributed by atoms with van der Waals surface area (Å²) in [4.78, 5) is 4.47. The molecule has 25 heavy (non-hydrogen) atoms. The predicted octanol–water partition coefficient (Wildman–Crippen LogP) is 4.26. The molecule has 0 fully saturated rings. The van der Waals surface area contributed by atoms with Crippen molar-refractivity contribution in [3.8, 4) is 28.9 Å². The lowest BCUT2D eigenvalue weighted by molar-refractivity contribution is 0.374. The summed E-state index contributed by atoms with van der Waals surface area (Å²) in [6, 6.07) is 14.5. The Morgan fingerprint density at radius 2 is 2.12 bits per heavy atom. The first-order valence-electron chi connectivity index (χ1n) is 7.54. The van der Waals surface area contributed by atoms with Crippen molar-refractivity contribution in [1.29, 1.82) is 5.26 Å². The van der Waals surface area contributed by atoms with Crippen LogP contribution in [0.15, 0.2) is 53.1 Å². The zero-order chi connectivity index (χ0) is 17.4. The fourth-order valence-electron chi connectivity index (χ4n) is 2.75. The van der Waals surface area contributed by atoms with Crippen LogP contribution in [-0.4, -0.2) is 17.2 Å². The van der Waals surface area contributed by atoms with Crippen molar-refractivity contribution in [2.75, 3.05) is 12.4 Å². The predicted molar refractivity (Wildman–Crippen MR) is 93.3 cm³/mol. The van der Waals surface area contributed by atoms with E-state index in [1.807, 2.05) is 24.3 Å². The van der Waals surface area contributed by atoms with E-state index in [2.05, 4.69) is 16.4 Å². The molecule has 2 N–H and O–H groups in total. The molecule has 1 aromatic heterocycles. The smallest absolute Gasteiger partial charge is 0.161 e. The van der Waals surface area contributed by atoms with E-state index in [1.165, 1.54) is 13.2 Å². The van der Waals surface area contributed by atoms with Gasteiger partial charge in [0.2, 0.25) is 0 Å². The second-order valence-electron chi connectivity index (χ2n) is 5.48. The SMILES string of the molecule is COc1cc2cc(C#N)c(Nc3ccc4cccoc3-4)nc2cc1O. The average Bonchev–Trinajstić information content (AvgIpc) is 3.04. The van der Waals surface area contributed by atoms with Crippen molar-refractivity contribution in [2.45, 2.75) is 0 Å². The van der Waals surface area contributed by atoms with E-state index in [9.17, 15) is 10.4 Å². The molecule has 122 valence electrons. The minimum Gasteiger partial charge on any atom is -0.504 e. The molecule has 0 amide bonds. The molecule has 0 spiro atoms. The number of aromatic nitrogens is 1. The molecule has 2 aliphatic rings. The zero-order valence-corrected chi connectivity index (χ0v) is 13.3. The van der Waals surface area contributed by atoms with Gasteiger partial charge in [-0.3, -0.25) is 0 Å². The van der Waals surface area contributed by atoms with Gasteiger partial charge in [0, 0.05) is 17.0 Å². The highest BCUT2D eigenvalue weighted by atomic mass is 16.5. The van der Waals surface area contributed by atoms with E-state index in [-0.39, 0.29) is 5.75 Å². The fourth-order valence-corrected chi connectivity index (χ4v) is 2.75. The van der Waals surface area contributed by atoms with Crippen LogP contribution < -0.4 is 10.1 Å². The molecule has 4 rings (SSSR count). The Bertz CT molecular complexity index is 1090. The van der Waals surface area contributed by atoms with Gasteiger partial charge in [0.1, 0.15) is 11.9 Å². The minimum atomic E-state index is -0.00748. The molecule has 1 aromatic carbocycles. The third-order valence-corrected chi connectivity index (χ3v) is 3.97. The van der Waals surface area contributed by atoms with Crippen molar-refractivity contribution in [2.24, 2.45) is 0 Å². The number of nitrogens with one attached hydrogen (secondary N) is 1. The van der Waals surface area contributed by atoms with Crippen LogP contribution in [0.1, 0.15) is 5.56 Å². The molecule has 0 saturated heterocycles. The third kappa shape index (κ3) is 2.48. The Morgan fingerprint density at radius 1 is 1.24 bits per heavy atom. The van der Waals surface area contributed by atoms with Crippen molar-refractivity contribution >= 4 is 22.4 Å². The van der Waals surface area contributed by atoms with E-state index in [0.29, 0.717) is 33.8 Å². The lowest BCUT2D eigenvalue weighted by atomic mass is 10.1. The number of aromatic hydroxyl groups is 1. The van der Waals surface area contributed by atoms with Gasteiger partial charge in [-0.05, 0) is 36.4 Å². The second-order valence-corrected chi connectivity index (χ2v) is 5.48. The first-order chi connectivity index (χ1) is 12.2. The Hall–Kier alpha value is -3.72. The molecule has 2 heterocycles. The number of ether oxygens (including phenoxy) is 1. The van der Waals surface area contributed by atoms with Crippen LogP contribution in [0, 0.1) is 11.3 Å². The normalized spacial score (nSPS) is 10.7. The topological polar surface area (TPSA) is 91.3 Å². The number of fused-ring (bicyclic) bond motifs is 2. The highest BCUT2D eigenvalue weighted by Crippen LogP contribution is 2.36. The summed E-state index contributed by atoms with van der Waals surface area (Å²) in [6.07, 6.45) is 1.59. The summed E-state index contributed by atoms with van der Waals surface area (Å²) in [5.74, 6) is 1.41. The van der Waals surface area contributed by atoms with E-state index in [4.69, 9.17) is 9.15 Å². The van der Waals surface area contributed by atoms with Gasteiger partial charge in [0.25, 0.3) is 0 Å². The molecule has 2 aromatic rings. The summed E-state index contributed by atoms with van der Waals surface area (Å²) in [5.41, 5.74) is 2.60. The van der Waals surface area contributed by atoms with Crippen LogP contribution in [0.5, 0.6) is 11.5 Å². The van der Waals surface area contributed by atoms with Gasteiger partial charge in [-0.2, -0.15) is 5.26 Å². The molecule has 1 aliphatic heterocycles. The van der Waals surface area contributed by atoms with Crippen LogP contribution in [0.2, 0.25) is 0 Å². The largest absolute Gasteiger partial charge is 0.504 e. The molecule has 0 radical (unpaired) electrons. The number of nitriles is 1. The van der Waals surface area contributed by atoms with Crippen LogP contribution in [0.25, 0.3) is 22.2 Å². The van der Waals surface area contributed by atoms with Crippen LogP contribution in [0.3, 0.4) is 0 Å². The minimum absolute atomic E-state index is 0.00748. The maximum atomic E-state index is 9.96. The number of phenolic OH excluding ortho intramolecular Hbond substituents is 1.